The summed E-state index contributed by atoms with van der Waals surface area (Å²) in [6, 6.07) is 26.1. The van der Waals surface area contributed by atoms with Gasteiger partial charge < -0.3 is 26.4 Å². The topological polar surface area (TPSA) is 110 Å². The monoisotopic (exact) mass is 554 g/mol. The van der Waals surface area contributed by atoms with Crippen LogP contribution in [0.2, 0.25) is 0 Å². The summed E-state index contributed by atoms with van der Waals surface area (Å²) < 4.78 is 0. The Morgan fingerprint density at radius 1 is 0.780 bits per heavy atom. The lowest BCUT2D eigenvalue weighted by molar-refractivity contribution is 0.0953. The van der Waals surface area contributed by atoms with Crippen molar-refractivity contribution >= 4 is 29.1 Å². The Morgan fingerprint density at radius 2 is 1.41 bits per heavy atom. The van der Waals surface area contributed by atoms with E-state index in [2.05, 4.69) is 35.1 Å². The van der Waals surface area contributed by atoms with Crippen molar-refractivity contribution in [2.45, 2.75) is 52.9 Å². The maximum Gasteiger partial charge on any atom is 0.251 e. The molecule has 8 nitrogen and oxygen atoms in total. The lowest BCUT2D eigenvalue weighted by atomic mass is 10.2. The second-order valence-electron chi connectivity index (χ2n) is 9.73. The first-order valence-electron chi connectivity index (χ1n) is 14.2. The zero-order chi connectivity index (χ0) is 29.3. The molecule has 0 fully saturated rings. The lowest BCUT2D eigenvalue weighted by Gasteiger charge is -2.16. The number of benzene rings is 3. The van der Waals surface area contributed by atoms with Gasteiger partial charge in [0.15, 0.2) is 0 Å². The molecule has 0 aliphatic rings. The van der Waals surface area contributed by atoms with Gasteiger partial charge in [0.05, 0.1) is 5.84 Å². The quantitative estimate of drug-likeness (QED) is 0.0682. The molecular formula is C33H42N6O2. The molecule has 0 aromatic heterocycles. The molecule has 1 amide bonds. The molecule has 3 aromatic carbocycles. The van der Waals surface area contributed by atoms with Crippen LogP contribution < -0.4 is 21.3 Å². The van der Waals surface area contributed by atoms with Crippen molar-refractivity contribution in [1.82, 2.24) is 10.6 Å². The van der Waals surface area contributed by atoms with Gasteiger partial charge in [0.2, 0.25) is 5.96 Å². The first-order valence-corrected chi connectivity index (χ1v) is 14.2. The SMILES string of the molecule is CC/C(C)=C(/N=C(\NC(C)=NCCCCCCNC(=O)c1ccccc1)Nc1ccc(O)cc1)Nc1ccccc1. The predicted octanol–water partition coefficient (Wildman–Crippen LogP) is 6.91. The summed E-state index contributed by atoms with van der Waals surface area (Å²) in [7, 11) is 0. The summed E-state index contributed by atoms with van der Waals surface area (Å²) in [5, 5.41) is 22.7. The first kappa shape index (κ1) is 30.9. The molecule has 0 unspecified atom stereocenters. The van der Waals surface area contributed by atoms with Crippen LogP contribution in [0.4, 0.5) is 11.4 Å². The van der Waals surface area contributed by atoms with E-state index < -0.39 is 0 Å². The van der Waals surface area contributed by atoms with Crippen LogP contribution in [0.15, 0.2) is 106 Å². The van der Waals surface area contributed by atoms with Crippen LogP contribution in [0.3, 0.4) is 0 Å². The van der Waals surface area contributed by atoms with Gasteiger partial charge in [0.1, 0.15) is 11.6 Å². The number of aromatic hydroxyl groups is 1. The Hall–Kier alpha value is -4.59. The Labute approximate surface area is 243 Å². The van der Waals surface area contributed by atoms with Crippen LogP contribution >= 0.6 is 0 Å². The fourth-order valence-corrected chi connectivity index (χ4v) is 3.88. The number of phenolic OH excluding ortho intramolecular Hbond substituents is 1. The number of nitrogens with zero attached hydrogens (tertiary/aromatic N) is 2. The van der Waals surface area contributed by atoms with Gasteiger partial charge in [-0.25, -0.2) is 0 Å². The third kappa shape index (κ3) is 11.6. The summed E-state index contributed by atoms with van der Waals surface area (Å²) in [6.07, 6.45) is 4.80. The van der Waals surface area contributed by atoms with Crippen LogP contribution in [0.1, 0.15) is 63.2 Å². The van der Waals surface area contributed by atoms with Gasteiger partial charge in [-0.2, -0.15) is 4.99 Å². The van der Waals surface area contributed by atoms with E-state index in [-0.39, 0.29) is 11.7 Å². The molecule has 8 heteroatoms. The standard InChI is InChI=1S/C33H42N6O2/c1-4-25(2)31(37-28-17-11-8-12-18-28)39-33(38-29-19-21-30(40)22-20-29)36-26(3)34-23-13-5-6-14-24-35-32(41)27-15-9-7-10-16-27/h7-12,15-22,37,40H,4-6,13-14,23-24H2,1-3H3,(H,35,41)(H2,34,36,38,39)/b31-25+. The summed E-state index contributed by atoms with van der Waals surface area (Å²) in [5.41, 5.74) is 3.54. The Bertz CT molecular complexity index is 1300. The number of nitrogens with one attached hydrogen (secondary N) is 4. The van der Waals surface area contributed by atoms with Crippen LogP contribution in [0.25, 0.3) is 0 Å². The van der Waals surface area contributed by atoms with E-state index in [1.807, 2.05) is 67.6 Å². The molecule has 3 rings (SSSR count). The highest BCUT2D eigenvalue weighted by molar-refractivity contribution is 6.05. The number of carbonyl (C=O) groups is 1. The normalized spacial score (nSPS) is 12.4. The van der Waals surface area contributed by atoms with Crippen molar-refractivity contribution in [3.63, 3.8) is 0 Å². The lowest BCUT2D eigenvalue weighted by Crippen LogP contribution is -2.35. The number of hydrogen-bond donors (Lipinski definition) is 5. The number of hydrogen-bond acceptors (Lipinski definition) is 5. The van der Waals surface area contributed by atoms with Gasteiger partial charge in [-0.3, -0.25) is 9.79 Å². The maximum absolute atomic E-state index is 12.1. The van der Waals surface area contributed by atoms with E-state index in [0.717, 1.165) is 60.7 Å². The summed E-state index contributed by atoms with van der Waals surface area (Å²) in [4.78, 5) is 21.7. The van der Waals surface area contributed by atoms with Gasteiger partial charge >= 0.3 is 0 Å². The minimum atomic E-state index is -0.0265. The molecule has 0 atom stereocenters. The number of rotatable bonds is 13. The number of carbonyl (C=O) groups excluding carboxylic acids is 1. The smallest absolute Gasteiger partial charge is 0.251 e. The maximum atomic E-state index is 12.1. The molecule has 0 saturated heterocycles. The summed E-state index contributed by atoms with van der Waals surface area (Å²) in [5.74, 6) is 2.20. The van der Waals surface area contributed by atoms with Gasteiger partial charge in [-0.05, 0) is 87.2 Å². The fourth-order valence-electron chi connectivity index (χ4n) is 3.88. The molecule has 0 radical (unpaired) electrons. The minimum Gasteiger partial charge on any atom is -0.508 e. The zero-order valence-corrected chi connectivity index (χ0v) is 24.3. The number of anilines is 2. The highest BCUT2D eigenvalue weighted by atomic mass is 16.3. The number of guanidine groups is 1. The van der Waals surface area contributed by atoms with E-state index in [9.17, 15) is 9.90 Å². The summed E-state index contributed by atoms with van der Waals surface area (Å²) >= 11 is 0. The van der Waals surface area contributed by atoms with Crippen LogP contribution in [0.5, 0.6) is 5.75 Å². The van der Waals surface area contributed by atoms with Crippen LogP contribution in [0, 0.1) is 0 Å². The summed E-state index contributed by atoms with van der Waals surface area (Å²) in [6.45, 7) is 7.45. The highest BCUT2D eigenvalue weighted by Gasteiger charge is 2.08. The van der Waals surface area contributed by atoms with E-state index in [1.165, 1.54) is 0 Å². The number of para-hydroxylation sites is 1. The van der Waals surface area contributed by atoms with E-state index in [0.29, 0.717) is 24.6 Å². The average molecular weight is 555 g/mol. The third-order valence-electron chi connectivity index (χ3n) is 6.38. The van der Waals surface area contributed by atoms with Crippen molar-refractivity contribution in [3.8, 4) is 5.75 Å². The van der Waals surface area contributed by atoms with Crippen molar-refractivity contribution in [2.75, 3.05) is 23.7 Å². The predicted molar refractivity (Wildman–Crippen MR) is 171 cm³/mol. The molecule has 0 saturated carbocycles. The minimum absolute atomic E-state index is 0.0265. The van der Waals surface area contributed by atoms with E-state index >= 15 is 0 Å². The van der Waals surface area contributed by atoms with Gasteiger partial charge in [0, 0.05) is 30.0 Å². The van der Waals surface area contributed by atoms with Crippen molar-refractivity contribution in [2.24, 2.45) is 9.98 Å². The zero-order valence-electron chi connectivity index (χ0n) is 24.3. The fraction of sp³-hybridized carbons (Fsp3) is 0.303. The van der Waals surface area contributed by atoms with Gasteiger partial charge in [-0.15, -0.1) is 0 Å². The third-order valence-corrected chi connectivity index (χ3v) is 6.38. The number of amidine groups is 1. The molecule has 0 bridgehead atoms. The second kappa shape index (κ2) is 17.2. The van der Waals surface area contributed by atoms with Gasteiger partial charge in [0.25, 0.3) is 5.91 Å². The second-order valence-corrected chi connectivity index (χ2v) is 9.73. The number of aliphatic imine (C=N–C) groups is 2. The molecule has 216 valence electrons. The van der Waals surface area contributed by atoms with E-state index in [4.69, 9.17) is 9.98 Å². The molecule has 5 N–H and O–H groups in total. The number of amides is 1. The number of allylic oxidation sites excluding steroid dienone is 1. The largest absolute Gasteiger partial charge is 0.508 e. The number of unbranched alkanes of at least 4 members (excludes halogenated alkanes) is 3. The van der Waals surface area contributed by atoms with Gasteiger partial charge in [-0.1, -0.05) is 56.2 Å². The van der Waals surface area contributed by atoms with E-state index in [1.54, 1.807) is 24.3 Å². The average Bonchev–Trinajstić information content (AvgIpc) is 2.99. The molecule has 0 heterocycles. The Balaban J connectivity index is 1.55. The highest BCUT2D eigenvalue weighted by Crippen LogP contribution is 2.17. The molecular weight excluding hydrogens is 512 g/mol. The first-order chi connectivity index (χ1) is 19.9. The molecule has 0 spiro atoms. The molecule has 0 aliphatic carbocycles. The van der Waals surface area contributed by atoms with Crippen molar-refractivity contribution in [1.29, 1.82) is 0 Å². The Morgan fingerprint density at radius 3 is 2.10 bits per heavy atom. The van der Waals surface area contributed by atoms with Crippen molar-refractivity contribution in [3.05, 3.63) is 102 Å². The molecule has 0 aliphatic heterocycles. The number of phenols is 1. The molecule has 3 aromatic rings. The Kier molecular flexibility index (Phi) is 13.0. The van der Waals surface area contributed by atoms with Crippen LogP contribution in [-0.2, 0) is 0 Å². The molecule has 41 heavy (non-hydrogen) atoms. The van der Waals surface area contributed by atoms with Crippen molar-refractivity contribution < 1.29 is 9.90 Å². The van der Waals surface area contributed by atoms with Crippen LogP contribution in [-0.4, -0.2) is 35.9 Å².